The molecule has 6 nitrogen and oxygen atoms in total. The highest BCUT2D eigenvalue weighted by molar-refractivity contribution is 6.52. The highest BCUT2D eigenvalue weighted by Crippen LogP contribution is 2.41. The molecule has 0 amide bonds. The van der Waals surface area contributed by atoms with Crippen molar-refractivity contribution in [2.45, 2.75) is 20.0 Å². The summed E-state index contributed by atoms with van der Waals surface area (Å²) in [5, 5.41) is 18.9. The van der Waals surface area contributed by atoms with Crippen molar-refractivity contribution in [3.05, 3.63) is 66.1 Å². The lowest BCUT2D eigenvalue weighted by Crippen LogP contribution is -2.09. The molecule has 0 saturated carbocycles. The SMILES string of the molecule is CC(C)Oc1ccccc1C(=O)O.O=[N+]([O-])c1cc(Cl)c(Cl)c(Cl)c1Cl. The van der Waals surface area contributed by atoms with Crippen LogP contribution in [0.3, 0.4) is 0 Å². The monoisotopic (exact) mass is 439 g/mol. The molecule has 0 aliphatic rings. The van der Waals surface area contributed by atoms with Gasteiger partial charge < -0.3 is 9.84 Å². The molecule has 0 saturated heterocycles. The topological polar surface area (TPSA) is 89.7 Å². The molecule has 140 valence electrons. The summed E-state index contributed by atoms with van der Waals surface area (Å²) in [7, 11) is 0. The molecule has 0 aliphatic carbocycles. The minimum absolute atomic E-state index is 0.00256. The van der Waals surface area contributed by atoms with Crippen LogP contribution in [-0.4, -0.2) is 22.1 Å². The van der Waals surface area contributed by atoms with Gasteiger partial charge in [-0.1, -0.05) is 58.5 Å². The first-order valence-electron chi connectivity index (χ1n) is 7.02. The van der Waals surface area contributed by atoms with E-state index >= 15 is 0 Å². The highest BCUT2D eigenvalue weighted by atomic mass is 35.5. The third-order valence-electron chi connectivity index (χ3n) is 2.76. The molecular formula is C16H13Cl4NO5. The fourth-order valence-electron chi connectivity index (χ4n) is 1.69. The van der Waals surface area contributed by atoms with E-state index in [1.165, 1.54) is 6.07 Å². The van der Waals surface area contributed by atoms with Gasteiger partial charge in [-0.15, -0.1) is 0 Å². The van der Waals surface area contributed by atoms with Crippen LogP contribution < -0.4 is 4.74 Å². The number of halogens is 4. The Morgan fingerprint density at radius 3 is 2.19 bits per heavy atom. The van der Waals surface area contributed by atoms with Gasteiger partial charge in [-0.3, -0.25) is 10.1 Å². The number of carboxylic acids is 1. The van der Waals surface area contributed by atoms with Crippen LogP contribution in [0.4, 0.5) is 5.69 Å². The standard InChI is InChI=1S/C10H12O3.C6HCl4NO2/c1-7(2)13-9-6-4-3-5-8(9)10(11)12;7-2-1-3(11(12)13)5(9)6(10)4(2)8/h3-7H,1-2H3,(H,11,12);1H. The third kappa shape index (κ3) is 5.92. The molecule has 0 fully saturated rings. The van der Waals surface area contributed by atoms with Crippen LogP contribution in [0.2, 0.25) is 20.1 Å². The van der Waals surface area contributed by atoms with Crippen LogP contribution in [0.25, 0.3) is 0 Å². The number of para-hydroxylation sites is 1. The van der Waals surface area contributed by atoms with E-state index in [1.807, 2.05) is 13.8 Å². The molecule has 0 atom stereocenters. The molecule has 0 heterocycles. The van der Waals surface area contributed by atoms with Crippen molar-refractivity contribution in [2.24, 2.45) is 0 Å². The number of hydrogen-bond acceptors (Lipinski definition) is 4. The first-order chi connectivity index (χ1) is 12.1. The van der Waals surface area contributed by atoms with E-state index in [9.17, 15) is 14.9 Å². The second-order valence-electron chi connectivity index (χ2n) is 5.04. The lowest BCUT2D eigenvalue weighted by molar-refractivity contribution is -0.384. The van der Waals surface area contributed by atoms with Crippen molar-refractivity contribution in [3.63, 3.8) is 0 Å². The Balaban J connectivity index is 0.000000260. The molecule has 0 bridgehead atoms. The Bertz CT molecular complexity index is 827. The molecule has 0 aromatic heterocycles. The molecular weight excluding hydrogens is 428 g/mol. The number of hydrogen-bond donors (Lipinski definition) is 1. The van der Waals surface area contributed by atoms with Crippen molar-refractivity contribution >= 4 is 58.1 Å². The highest BCUT2D eigenvalue weighted by Gasteiger charge is 2.20. The van der Waals surface area contributed by atoms with Crippen molar-refractivity contribution < 1.29 is 19.6 Å². The van der Waals surface area contributed by atoms with Gasteiger partial charge in [0, 0.05) is 6.07 Å². The van der Waals surface area contributed by atoms with Gasteiger partial charge in [0.25, 0.3) is 5.69 Å². The minimum Gasteiger partial charge on any atom is -0.490 e. The van der Waals surface area contributed by atoms with Gasteiger partial charge in [0.1, 0.15) is 16.3 Å². The largest absolute Gasteiger partial charge is 0.490 e. The molecule has 1 N–H and O–H groups in total. The van der Waals surface area contributed by atoms with E-state index in [1.54, 1.807) is 18.2 Å². The van der Waals surface area contributed by atoms with Crippen LogP contribution in [0.1, 0.15) is 24.2 Å². The molecule has 10 heteroatoms. The number of nitrogens with zero attached hydrogens (tertiary/aromatic N) is 1. The van der Waals surface area contributed by atoms with E-state index in [2.05, 4.69) is 0 Å². The maximum absolute atomic E-state index is 10.7. The maximum Gasteiger partial charge on any atom is 0.339 e. The van der Waals surface area contributed by atoms with Crippen molar-refractivity contribution in [3.8, 4) is 5.75 Å². The van der Waals surface area contributed by atoms with Crippen molar-refractivity contribution in [1.82, 2.24) is 0 Å². The molecule has 2 aromatic rings. The zero-order valence-corrected chi connectivity index (χ0v) is 16.5. The fraction of sp³-hybridized carbons (Fsp3) is 0.188. The summed E-state index contributed by atoms with van der Waals surface area (Å²) in [6.45, 7) is 3.72. The quantitative estimate of drug-likeness (QED) is 0.257. The number of aromatic carboxylic acids is 1. The summed E-state index contributed by atoms with van der Waals surface area (Å²) < 4.78 is 5.33. The third-order valence-corrected chi connectivity index (χ3v) is 4.50. The van der Waals surface area contributed by atoms with Gasteiger partial charge in [-0.05, 0) is 26.0 Å². The van der Waals surface area contributed by atoms with Crippen LogP contribution in [0.5, 0.6) is 5.75 Å². The van der Waals surface area contributed by atoms with Gasteiger partial charge in [0.2, 0.25) is 0 Å². The Morgan fingerprint density at radius 1 is 1.12 bits per heavy atom. The van der Waals surface area contributed by atoms with E-state index < -0.39 is 10.9 Å². The summed E-state index contributed by atoms with van der Waals surface area (Å²) in [5.74, 6) is -0.541. The van der Waals surface area contributed by atoms with Crippen molar-refractivity contribution in [2.75, 3.05) is 0 Å². The number of carboxylic acid groups (broad SMARTS) is 1. The van der Waals surface area contributed by atoms with Gasteiger partial charge in [0.15, 0.2) is 0 Å². The van der Waals surface area contributed by atoms with Crippen molar-refractivity contribution in [1.29, 1.82) is 0 Å². The predicted molar refractivity (Wildman–Crippen MR) is 102 cm³/mol. The lowest BCUT2D eigenvalue weighted by atomic mass is 10.2. The molecule has 0 aliphatic heterocycles. The molecule has 2 rings (SSSR count). The van der Waals surface area contributed by atoms with E-state index in [4.69, 9.17) is 56.2 Å². The lowest BCUT2D eigenvalue weighted by Gasteiger charge is -2.11. The predicted octanol–water partition coefficient (Wildman–Crippen LogP) is 6.38. The second-order valence-corrected chi connectivity index (χ2v) is 6.59. The van der Waals surface area contributed by atoms with Gasteiger partial charge in [-0.25, -0.2) is 4.79 Å². The van der Waals surface area contributed by atoms with E-state index in [-0.39, 0.29) is 37.4 Å². The van der Waals surface area contributed by atoms with Crippen LogP contribution >= 0.6 is 46.4 Å². The minimum atomic E-state index is -0.962. The molecule has 0 unspecified atom stereocenters. The van der Waals surface area contributed by atoms with Gasteiger partial charge in [-0.2, -0.15) is 0 Å². The number of ether oxygens (including phenoxy) is 1. The van der Waals surface area contributed by atoms with Crippen LogP contribution in [0, 0.1) is 10.1 Å². The normalized spacial score (nSPS) is 10.1. The first-order valence-corrected chi connectivity index (χ1v) is 8.53. The summed E-state index contributed by atoms with van der Waals surface area (Å²) in [6, 6.07) is 7.67. The number of benzene rings is 2. The van der Waals surface area contributed by atoms with Gasteiger partial charge in [0.05, 0.1) is 26.1 Å². The van der Waals surface area contributed by atoms with E-state index in [0.29, 0.717) is 5.75 Å². The first kappa shape index (κ1) is 22.3. The number of nitro benzene ring substituents is 1. The average molecular weight is 441 g/mol. The molecule has 2 aromatic carbocycles. The van der Waals surface area contributed by atoms with E-state index in [0.717, 1.165) is 6.07 Å². The average Bonchev–Trinajstić information content (AvgIpc) is 2.56. The van der Waals surface area contributed by atoms with Crippen LogP contribution in [-0.2, 0) is 0 Å². The Labute approximate surface area is 169 Å². The molecule has 26 heavy (non-hydrogen) atoms. The summed E-state index contributed by atoms with van der Waals surface area (Å²) in [6.07, 6.45) is -0.0134. The Hall–Kier alpha value is -1.73. The molecule has 0 spiro atoms. The smallest absolute Gasteiger partial charge is 0.339 e. The fourth-order valence-corrected chi connectivity index (χ4v) is 2.55. The Morgan fingerprint density at radius 2 is 1.69 bits per heavy atom. The number of carbonyl (C=O) groups is 1. The Kier molecular flexibility index (Phi) is 8.43. The van der Waals surface area contributed by atoms with Gasteiger partial charge >= 0.3 is 5.97 Å². The number of rotatable bonds is 4. The zero-order valence-electron chi connectivity index (χ0n) is 13.5. The summed E-state index contributed by atoms with van der Waals surface area (Å²) >= 11 is 22.3. The molecule has 0 radical (unpaired) electrons. The maximum atomic E-state index is 10.7. The van der Waals surface area contributed by atoms with Crippen LogP contribution in [0.15, 0.2) is 30.3 Å². The summed E-state index contributed by atoms with van der Waals surface area (Å²) in [5.41, 5.74) is -0.155. The zero-order chi connectivity index (χ0) is 20.0. The second kappa shape index (κ2) is 9.83. The number of nitro groups is 1. The summed E-state index contributed by atoms with van der Waals surface area (Å²) in [4.78, 5) is 20.4.